The van der Waals surface area contributed by atoms with Crippen LogP contribution in [-0.4, -0.2) is 36.7 Å². The van der Waals surface area contributed by atoms with Gasteiger partial charge in [0.05, 0.1) is 5.54 Å². The highest BCUT2D eigenvalue weighted by Gasteiger charge is 2.48. The Hall–Kier alpha value is -1.65. The van der Waals surface area contributed by atoms with Crippen LogP contribution < -0.4 is 5.73 Å². The maximum Gasteiger partial charge on any atom is 0.130 e. The van der Waals surface area contributed by atoms with Crippen molar-refractivity contribution in [2.24, 2.45) is 15.7 Å². The average molecular weight is 236 g/mol. The normalized spacial score (nSPS) is 25.1. The Morgan fingerprint density at radius 2 is 2.41 bits per heavy atom. The molecular weight excluding hydrogens is 219 g/mol. The van der Waals surface area contributed by atoms with E-state index in [-0.39, 0.29) is 12.2 Å². The van der Waals surface area contributed by atoms with E-state index in [1.165, 1.54) is 6.34 Å². The summed E-state index contributed by atoms with van der Waals surface area (Å²) < 4.78 is 13.0. The first-order valence-electron chi connectivity index (χ1n) is 5.61. The zero-order chi connectivity index (χ0) is 12.5. The van der Waals surface area contributed by atoms with Crippen LogP contribution in [0.4, 0.5) is 4.39 Å². The molecule has 2 aliphatic rings. The third-order valence-corrected chi connectivity index (χ3v) is 3.43. The first-order chi connectivity index (χ1) is 8.13. The molecule has 0 bridgehead atoms. The van der Waals surface area contributed by atoms with Gasteiger partial charge in [0.1, 0.15) is 18.8 Å². The minimum absolute atomic E-state index is 0.274. The van der Waals surface area contributed by atoms with Crippen LogP contribution in [0.3, 0.4) is 0 Å². The Labute approximate surface area is 100 Å². The summed E-state index contributed by atoms with van der Waals surface area (Å²) in [6.45, 7) is 5.60. The molecule has 4 nitrogen and oxygen atoms in total. The van der Waals surface area contributed by atoms with E-state index < -0.39 is 0 Å². The van der Waals surface area contributed by atoms with Gasteiger partial charge in [-0.2, -0.15) is 0 Å². The van der Waals surface area contributed by atoms with Crippen molar-refractivity contribution in [2.75, 3.05) is 13.2 Å². The van der Waals surface area contributed by atoms with Crippen molar-refractivity contribution < 1.29 is 4.39 Å². The van der Waals surface area contributed by atoms with Crippen molar-refractivity contribution in [3.05, 3.63) is 23.2 Å². The summed E-state index contributed by atoms with van der Waals surface area (Å²) in [6, 6.07) is 0. The summed E-state index contributed by atoms with van der Waals surface area (Å²) in [7, 11) is 0. The standard InChI is InChI=1S/C12H17FN4/c1-9-5-17(12(7-13)3-4-12)6-10(9)11(14)16-8-15-2/h5,8H,2-4,6-7,14H2,1H3/b11-10+,16-8-. The molecule has 0 amide bonds. The van der Waals surface area contributed by atoms with Gasteiger partial charge in [-0.3, -0.25) is 4.99 Å². The molecule has 2 N–H and O–H groups in total. The van der Waals surface area contributed by atoms with Gasteiger partial charge in [-0.15, -0.1) is 0 Å². The highest BCUT2D eigenvalue weighted by Crippen LogP contribution is 2.45. The first-order valence-corrected chi connectivity index (χ1v) is 5.61. The number of halogens is 1. The summed E-state index contributed by atoms with van der Waals surface area (Å²) in [5.41, 5.74) is 7.57. The predicted molar refractivity (Wildman–Crippen MR) is 67.7 cm³/mol. The van der Waals surface area contributed by atoms with Crippen LogP contribution in [0.5, 0.6) is 0 Å². The van der Waals surface area contributed by atoms with E-state index in [0.717, 1.165) is 24.0 Å². The van der Waals surface area contributed by atoms with Gasteiger partial charge in [0, 0.05) is 18.3 Å². The molecule has 0 unspecified atom stereocenters. The van der Waals surface area contributed by atoms with E-state index in [1.54, 1.807) is 0 Å². The van der Waals surface area contributed by atoms with Crippen molar-refractivity contribution in [1.29, 1.82) is 0 Å². The van der Waals surface area contributed by atoms with Crippen LogP contribution in [0.1, 0.15) is 19.8 Å². The quantitative estimate of drug-likeness (QED) is 0.595. The largest absolute Gasteiger partial charge is 0.383 e. The van der Waals surface area contributed by atoms with E-state index in [1.807, 2.05) is 18.0 Å². The van der Waals surface area contributed by atoms with Gasteiger partial charge < -0.3 is 10.6 Å². The lowest BCUT2D eigenvalue weighted by atomic mass is 10.1. The van der Waals surface area contributed by atoms with Crippen molar-refractivity contribution in [2.45, 2.75) is 25.3 Å². The fraction of sp³-hybridized carbons (Fsp3) is 0.500. The topological polar surface area (TPSA) is 54.0 Å². The molecule has 1 fully saturated rings. The molecule has 0 saturated heterocycles. The first kappa shape index (κ1) is 11.8. The molecule has 0 atom stereocenters. The second-order valence-electron chi connectivity index (χ2n) is 4.59. The lowest BCUT2D eigenvalue weighted by Crippen LogP contribution is -2.33. The van der Waals surface area contributed by atoms with Crippen LogP contribution >= 0.6 is 0 Å². The van der Waals surface area contributed by atoms with Gasteiger partial charge in [0.25, 0.3) is 0 Å². The minimum atomic E-state index is -0.304. The number of alkyl halides is 1. The molecule has 1 saturated carbocycles. The molecule has 1 aliphatic carbocycles. The van der Waals surface area contributed by atoms with E-state index >= 15 is 0 Å². The van der Waals surface area contributed by atoms with Gasteiger partial charge in [0.15, 0.2) is 0 Å². The molecule has 17 heavy (non-hydrogen) atoms. The van der Waals surface area contributed by atoms with Crippen LogP contribution in [0.15, 0.2) is 33.2 Å². The second-order valence-corrected chi connectivity index (χ2v) is 4.59. The monoisotopic (exact) mass is 236 g/mol. The average Bonchev–Trinajstić information content (AvgIpc) is 3.04. The molecule has 0 aromatic heterocycles. The molecule has 0 aromatic rings. The van der Waals surface area contributed by atoms with Crippen molar-refractivity contribution in [1.82, 2.24) is 4.90 Å². The highest BCUT2D eigenvalue weighted by atomic mass is 19.1. The molecule has 5 heteroatoms. The van der Waals surface area contributed by atoms with Gasteiger partial charge in [-0.05, 0) is 32.1 Å². The van der Waals surface area contributed by atoms with Crippen LogP contribution in [0.25, 0.3) is 0 Å². The summed E-state index contributed by atoms with van der Waals surface area (Å²) in [5.74, 6) is 0.434. The lowest BCUT2D eigenvalue weighted by molar-refractivity contribution is 0.228. The lowest BCUT2D eigenvalue weighted by Gasteiger charge is -2.24. The number of nitrogens with two attached hydrogens (primary N) is 1. The Kier molecular flexibility index (Phi) is 3.00. The van der Waals surface area contributed by atoms with E-state index in [4.69, 9.17) is 5.73 Å². The molecule has 1 aliphatic heterocycles. The number of aliphatic imine (C=N–C) groups is 2. The molecule has 92 valence electrons. The summed E-state index contributed by atoms with van der Waals surface area (Å²) in [4.78, 5) is 9.54. The van der Waals surface area contributed by atoms with E-state index in [0.29, 0.717) is 12.4 Å². The van der Waals surface area contributed by atoms with Gasteiger partial charge in [0.2, 0.25) is 0 Å². The second kappa shape index (κ2) is 4.31. The molecule has 0 aromatic carbocycles. The number of hydrogen-bond donors (Lipinski definition) is 1. The maximum absolute atomic E-state index is 13.0. The van der Waals surface area contributed by atoms with Gasteiger partial charge in [-0.1, -0.05) is 0 Å². The molecule has 0 radical (unpaired) electrons. The Morgan fingerprint density at radius 3 is 2.94 bits per heavy atom. The maximum atomic E-state index is 13.0. The van der Waals surface area contributed by atoms with Gasteiger partial charge >= 0.3 is 0 Å². The molecule has 0 spiro atoms. The Bertz CT molecular complexity index is 418. The summed E-state index contributed by atoms with van der Waals surface area (Å²) in [5, 5.41) is 0. The highest BCUT2D eigenvalue weighted by molar-refractivity contribution is 5.63. The molecular formula is C12H17FN4. The summed E-state index contributed by atoms with van der Waals surface area (Å²) >= 11 is 0. The third-order valence-electron chi connectivity index (χ3n) is 3.43. The van der Waals surface area contributed by atoms with Crippen molar-refractivity contribution in [3.63, 3.8) is 0 Å². The fourth-order valence-corrected chi connectivity index (χ4v) is 2.06. The number of rotatable bonds is 4. The van der Waals surface area contributed by atoms with Crippen molar-refractivity contribution in [3.8, 4) is 0 Å². The van der Waals surface area contributed by atoms with Crippen LogP contribution in [0, 0.1) is 0 Å². The van der Waals surface area contributed by atoms with E-state index in [2.05, 4.69) is 16.7 Å². The third kappa shape index (κ3) is 2.09. The van der Waals surface area contributed by atoms with Crippen LogP contribution in [-0.2, 0) is 0 Å². The van der Waals surface area contributed by atoms with Crippen molar-refractivity contribution >= 4 is 13.1 Å². The zero-order valence-electron chi connectivity index (χ0n) is 9.99. The Morgan fingerprint density at radius 1 is 1.71 bits per heavy atom. The number of nitrogens with zero attached hydrogens (tertiary/aromatic N) is 3. The predicted octanol–water partition coefficient (Wildman–Crippen LogP) is 1.61. The zero-order valence-corrected chi connectivity index (χ0v) is 9.99. The Balaban J connectivity index is 2.18. The number of hydrogen-bond acceptors (Lipinski definition) is 3. The van der Waals surface area contributed by atoms with E-state index in [9.17, 15) is 4.39 Å². The molecule has 2 rings (SSSR count). The SMILES string of the molecule is C=N/C=N\C(N)=C1/CN(C2(CF)CC2)C=C1C. The minimum Gasteiger partial charge on any atom is -0.383 e. The molecule has 1 heterocycles. The summed E-state index contributed by atoms with van der Waals surface area (Å²) in [6.07, 6.45) is 5.13. The smallest absolute Gasteiger partial charge is 0.130 e. The fourth-order valence-electron chi connectivity index (χ4n) is 2.06. The van der Waals surface area contributed by atoms with Crippen LogP contribution in [0.2, 0.25) is 0 Å². The van der Waals surface area contributed by atoms with Gasteiger partial charge in [-0.25, -0.2) is 9.38 Å².